The number of rotatable bonds is 5. The number of nitrogens with one attached hydrogen (secondary N) is 1. The Balaban J connectivity index is 1.96. The van der Waals surface area contributed by atoms with Gasteiger partial charge in [0.25, 0.3) is 5.56 Å². The molecule has 2 heterocycles. The van der Waals surface area contributed by atoms with Gasteiger partial charge in [0, 0.05) is 30.1 Å². The summed E-state index contributed by atoms with van der Waals surface area (Å²) in [6, 6.07) is 11.6. The molecule has 0 radical (unpaired) electrons. The van der Waals surface area contributed by atoms with Gasteiger partial charge in [-0.15, -0.1) is 0 Å². The molecular formula is C23H22N6O. The first-order chi connectivity index (χ1) is 14.6. The summed E-state index contributed by atoms with van der Waals surface area (Å²) in [6.07, 6.45) is 3.61. The predicted octanol–water partition coefficient (Wildman–Crippen LogP) is 3.95. The fourth-order valence-corrected chi connectivity index (χ4v) is 3.90. The van der Waals surface area contributed by atoms with Crippen molar-refractivity contribution in [2.24, 2.45) is 12.8 Å². The lowest BCUT2D eigenvalue weighted by atomic mass is 9.95. The van der Waals surface area contributed by atoms with E-state index in [4.69, 9.17) is 12.3 Å². The van der Waals surface area contributed by atoms with Crippen molar-refractivity contribution in [3.05, 3.63) is 75.6 Å². The molecule has 0 fully saturated rings. The normalized spacial score (nSPS) is 11.0. The Labute approximate surface area is 174 Å². The van der Waals surface area contributed by atoms with Crippen LogP contribution in [0.5, 0.6) is 0 Å². The number of para-hydroxylation sites is 1. The molecule has 2 aromatic carbocycles. The molecule has 3 N–H and O–H groups in total. The zero-order chi connectivity index (χ0) is 21.3. The monoisotopic (exact) mass is 398 g/mol. The van der Waals surface area contributed by atoms with Crippen LogP contribution in [0.15, 0.2) is 47.4 Å². The Morgan fingerprint density at radius 2 is 2.03 bits per heavy atom. The second-order valence-corrected chi connectivity index (χ2v) is 7.17. The van der Waals surface area contributed by atoms with E-state index in [9.17, 15) is 4.79 Å². The minimum absolute atomic E-state index is 0.220. The van der Waals surface area contributed by atoms with E-state index in [1.807, 2.05) is 37.4 Å². The largest absolute Gasteiger partial charge is 0.325 e. The van der Waals surface area contributed by atoms with E-state index in [2.05, 4.69) is 27.1 Å². The van der Waals surface area contributed by atoms with Crippen LogP contribution in [-0.2, 0) is 20.0 Å². The second kappa shape index (κ2) is 7.93. The molecule has 0 aliphatic carbocycles. The zero-order valence-corrected chi connectivity index (χ0v) is 16.9. The van der Waals surface area contributed by atoms with Crippen LogP contribution in [0.1, 0.15) is 24.6 Å². The third-order valence-corrected chi connectivity index (χ3v) is 5.32. The molecule has 7 heteroatoms. The number of H-pyrrole nitrogens is 1. The summed E-state index contributed by atoms with van der Waals surface area (Å²) in [4.78, 5) is 16.0. The van der Waals surface area contributed by atoms with Crippen LogP contribution in [0, 0.1) is 6.57 Å². The molecule has 150 valence electrons. The van der Waals surface area contributed by atoms with Crippen LogP contribution in [0.3, 0.4) is 0 Å². The van der Waals surface area contributed by atoms with E-state index in [0.29, 0.717) is 16.8 Å². The molecule has 0 aliphatic rings. The minimum Gasteiger partial charge on any atom is -0.325 e. The molecule has 30 heavy (non-hydrogen) atoms. The Morgan fingerprint density at radius 3 is 2.77 bits per heavy atom. The average Bonchev–Trinajstić information content (AvgIpc) is 3.15. The Morgan fingerprint density at radius 1 is 1.20 bits per heavy atom. The van der Waals surface area contributed by atoms with Gasteiger partial charge in [0.2, 0.25) is 0 Å². The van der Waals surface area contributed by atoms with E-state index in [-0.39, 0.29) is 12.1 Å². The molecule has 4 aromatic rings. The molecule has 0 atom stereocenters. The summed E-state index contributed by atoms with van der Waals surface area (Å²) in [5.41, 5.74) is 11.4. The van der Waals surface area contributed by atoms with Gasteiger partial charge in [-0.05, 0) is 29.7 Å². The summed E-state index contributed by atoms with van der Waals surface area (Å²) in [7, 11) is 1.87. The highest BCUT2D eigenvalue weighted by atomic mass is 16.1. The molecule has 0 saturated heterocycles. The van der Waals surface area contributed by atoms with Gasteiger partial charge in [-0.3, -0.25) is 9.48 Å². The zero-order valence-electron chi connectivity index (χ0n) is 16.9. The van der Waals surface area contributed by atoms with Gasteiger partial charge >= 0.3 is 0 Å². The highest BCUT2D eigenvalue weighted by Gasteiger charge is 2.19. The van der Waals surface area contributed by atoms with Crippen molar-refractivity contribution >= 4 is 16.5 Å². The third-order valence-electron chi connectivity index (χ3n) is 5.32. The first kappa shape index (κ1) is 19.6. The number of aryl methyl sites for hydroxylation is 2. The average molecular weight is 398 g/mol. The molecule has 2 aromatic heterocycles. The Hall–Kier alpha value is -3.76. The standard InChI is InChI=1S/C23H22N6O/c1-4-6-14-7-5-8-17(21(14)25-2)22-19(13-26-29(22)3)15-9-10-16-18(11-15)20(12-24)27-28-23(16)30/h5,7-11,13H,4,6,12,24H2,1,3H3,(H,28,30). The van der Waals surface area contributed by atoms with Crippen LogP contribution in [0.4, 0.5) is 5.69 Å². The van der Waals surface area contributed by atoms with Gasteiger partial charge < -0.3 is 5.73 Å². The predicted molar refractivity (Wildman–Crippen MR) is 118 cm³/mol. The smallest absolute Gasteiger partial charge is 0.272 e. The highest BCUT2D eigenvalue weighted by Crippen LogP contribution is 2.40. The summed E-state index contributed by atoms with van der Waals surface area (Å²) in [5, 5.41) is 12.3. The summed E-state index contributed by atoms with van der Waals surface area (Å²) in [6.45, 7) is 10.1. The lowest BCUT2D eigenvalue weighted by Gasteiger charge is -2.12. The van der Waals surface area contributed by atoms with Gasteiger partial charge in [0.05, 0.1) is 29.5 Å². The Bertz CT molecular complexity index is 1340. The number of aromatic amines is 1. The van der Waals surface area contributed by atoms with E-state index in [1.165, 1.54) is 0 Å². The number of benzene rings is 2. The number of fused-ring (bicyclic) bond motifs is 1. The first-order valence-electron chi connectivity index (χ1n) is 9.82. The van der Waals surface area contributed by atoms with Crippen molar-refractivity contribution in [2.45, 2.75) is 26.3 Å². The van der Waals surface area contributed by atoms with Gasteiger partial charge in [-0.2, -0.15) is 10.2 Å². The Kier molecular flexibility index (Phi) is 5.17. The van der Waals surface area contributed by atoms with Crippen LogP contribution < -0.4 is 11.3 Å². The van der Waals surface area contributed by atoms with Crippen molar-refractivity contribution < 1.29 is 0 Å². The van der Waals surface area contributed by atoms with Gasteiger partial charge in [0.15, 0.2) is 5.69 Å². The molecule has 0 bridgehead atoms. The summed E-state index contributed by atoms with van der Waals surface area (Å²) in [5.74, 6) is 0. The maximum Gasteiger partial charge on any atom is 0.272 e. The molecule has 0 unspecified atom stereocenters. The van der Waals surface area contributed by atoms with Crippen LogP contribution in [-0.4, -0.2) is 20.0 Å². The molecule has 4 rings (SSSR count). The number of nitrogens with two attached hydrogens (primary N) is 1. The molecule has 0 saturated carbocycles. The van der Waals surface area contributed by atoms with Crippen LogP contribution in [0.25, 0.3) is 38.0 Å². The SMILES string of the molecule is [C-]#[N+]c1c(CCC)cccc1-c1c(-c2ccc3c(=O)[nH]nc(CN)c3c2)cnn1C. The van der Waals surface area contributed by atoms with Crippen molar-refractivity contribution in [1.82, 2.24) is 20.0 Å². The number of nitrogens with zero attached hydrogens (tertiary/aromatic N) is 4. The fourth-order valence-electron chi connectivity index (χ4n) is 3.90. The minimum atomic E-state index is -0.247. The third kappa shape index (κ3) is 3.17. The van der Waals surface area contributed by atoms with E-state index >= 15 is 0 Å². The molecule has 0 spiro atoms. The molecule has 0 amide bonds. The topological polar surface area (TPSA) is 93.9 Å². The van der Waals surface area contributed by atoms with Gasteiger partial charge in [-0.1, -0.05) is 37.6 Å². The van der Waals surface area contributed by atoms with E-state index in [1.54, 1.807) is 16.9 Å². The molecule has 7 nitrogen and oxygen atoms in total. The number of hydrogen-bond acceptors (Lipinski definition) is 4. The van der Waals surface area contributed by atoms with Crippen LogP contribution in [0.2, 0.25) is 0 Å². The van der Waals surface area contributed by atoms with E-state index < -0.39 is 0 Å². The van der Waals surface area contributed by atoms with Crippen LogP contribution >= 0.6 is 0 Å². The van der Waals surface area contributed by atoms with Gasteiger partial charge in [-0.25, -0.2) is 9.94 Å². The lowest BCUT2D eigenvalue weighted by Crippen LogP contribution is -2.13. The number of hydrogen-bond donors (Lipinski definition) is 2. The van der Waals surface area contributed by atoms with Gasteiger partial charge in [0.1, 0.15) is 0 Å². The maximum absolute atomic E-state index is 12.2. The van der Waals surface area contributed by atoms with Crippen molar-refractivity contribution in [3.63, 3.8) is 0 Å². The molecule has 0 aliphatic heterocycles. The second-order valence-electron chi connectivity index (χ2n) is 7.17. The lowest BCUT2D eigenvalue weighted by molar-refractivity contribution is 0.776. The van der Waals surface area contributed by atoms with Crippen molar-refractivity contribution in [3.8, 4) is 22.4 Å². The first-order valence-corrected chi connectivity index (χ1v) is 9.82. The van der Waals surface area contributed by atoms with Crippen molar-refractivity contribution in [1.29, 1.82) is 0 Å². The maximum atomic E-state index is 12.2. The van der Waals surface area contributed by atoms with Crippen molar-refractivity contribution in [2.75, 3.05) is 0 Å². The fraction of sp³-hybridized carbons (Fsp3) is 0.217. The van der Waals surface area contributed by atoms with E-state index in [0.717, 1.165) is 46.2 Å². The molecular weight excluding hydrogens is 376 g/mol. The highest BCUT2D eigenvalue weighted by molar-refractivity contribution is 5.93. The summed E-state index contributed by atoms with van der Waals surface area (Å²) >= 11 is 0. The summed E-state index contributed by atoms with van der Waals surface area (Å²) < 4.78 is 1.79. The quantitative estimate of drug-likeness (QED) is 0.498. The number of aromatic nitrogens is 4.